The Hall–Kier alpha value is -0.670. The number of halogens is 2. The van der Waals surface area contributed by atoms with E-state index in [2.05, 4.69) is 20.9 Å². The number of hydrogen-bond acceptors (Lipinski definition) is 10. The number of hydrogen-bond donors (Lipinski definition) is 7. The summed E-state index contributed by atoms with van der Waals surface area (Å²) in [5.74, 6) is -0.466. The van der Waals surface area contributed by atoms with Gasteiger partial charge < -0.3 is 35.2 Å². The quantitative estimate of drug-likeness (QED) is 0.111. The average Bonchev–Trinajstić information content (AvgIpc) is 2.99. The second-order valence-electron chi connectivity index (χ2n) is 12.6. The second-order valence-corrected chi connectivity index (χ2v) is 13.3. The minimum Gasteiger partial charge on any atom is -0.396 e. The van der Waals surface area contributed by atoms with Gasteiger partial charge in [0.15, 0.2) is 0 Å². The Morgan fingerprint density at radius 2 is 1.69 bits per heavy atom. The molecule has 3 unspecified atom stereocenters. The van der Waals surface area contributed by atoms with Crippen LogP contribution in [0.15, 0.2) is 0 Å². The van der Waals surface area contributed by atoms with E-state index in [0.29, 0.717) is 25.4 Å². The van der Waals surface area contributed by atoms with E-state index in [1.807, 2.05) is 0 Å². The Morgan fingerprint density at radius 3 is 2.38 bits per heavy atom. The van der Waals surface area contributed by atoms with Gasteiger partial charge >= 0.3 is 0 Å². The molecule has 0 aromatic rings. The van der Waals surface area contributed by atoms with Crippen LogP contribution in [-0.2, 0) is 14.3 Å². The zero-order chi connectivity index (χ0) is 30.1. The molecule has 0 bridgehead atoms. The van der Waals surface area contributed by atoms with Crippen LogP contribution in [0.4, 0.5) is 4.39 Å². The van der Waals surface area contributed by atoms with E-state index in [1.54, 1.807) is 0 Å². The van der Waals surface area contributed by atoms with Gasteiger partial charge in [-0.25, -0.2) is 4.39 Å². The predicted molar refractivity (Wildman–Crippen MR) is 156 cm³/mol. The molecule has 2 saturated heterocycles. The third kappa shape index (κ3) is 9.92. The molecule has 0 aromatic heterocycles. The fourth-order valence-electron chi connectivity index (χ4n) is 6.87. The number of rotatable bonds is 13. The summed E-state index contributed by atoms with van der Waals surface area (Å²) in [6.45, 7) is 4.41. The maximum Gasteiger partial charge on any atom is 0.220 e. The molecule has 1 amide bonds. The van der Waals surface area contributed by atoms with Crippen molar-refractivity contribution in [1.29, 1.82) is 0 Å². The van der Waals surface area contributed by atoms with Crippen LogP contribution in [0, 0.1) is 17.8 Å². The Labute approximate surface area is 253 Å². The van der Waals surface area contributed by atoms with Gasteiger partial charge in [0.1, 0.15) is 24.7 Å². The fraction of sp³-hybridized carbons (Fsp3) is 0.966. The first kappa shape index (κ1) is 34.2. The molecular formula is C29H52ClFN4O7. The minimum atomic E-state index is -1.40. The minimum absolute atomic E-state index is 0.0943. The third-order valence-corrected chi connectivity index (χ3v) is 9.89. The van der Waals surface area contributed by atoms with Crippen molar-refractivity contribution in [1.82, 2.24) is 20.9 Å². The number of amides is 1. The van der Waals surface area contributed by atoms with Crippen molar-refractivity contribution >= 4 is 17.5 Å². The van der Waals surface area contributed by atoms with Crippen LogP contribution >= 0.6 is 11.6 Å². The van der Waals surface area contributed by atoms with Gasteiger partial charge in [-0.3, -0.25) is 20.3 Å². The largest absolute Gasteiger partial charge is 0.396 e. The molecule has 2 aliphatic carbocycles. The van der Waals surface area contributed by atoms with Crippen LogP contribution in [0.5, 0.6) is 0 Å². The maximum absolute atomic E-state index is 14.9. The molecule has 42 heavy (non-hydrogen) atoms. The number of carbonyl (C=O) groups is 1. The normalized spacial score (nSPS) is 38.8. The number of likely N-dealkylation sites (tertiary alicyclic amines) is 1. The standard InChI is InChI=1S/C29H52ClFN4O7/c30-21-15-33-29(34-16-21)35-8-5-18(6-9-35)2-1-10-41-22-4-3-19(23(31)14-22)13-25(37)32-7-11-42-24-12-20(17-36)26(38)28(40)27(24)39/h18-24,26-29,33-34,36,38-40H,1-17H2,(H,32,37)/t19?,20-,21?,22?,23?,24+,26-,27-,28+,29?/m1/s1. The smallest absolute Gasteiger partial charge is 0.220 e. The molecule has 0 spiro atoms. The maximum atomic E-state index is 14.9. The molecule has 2 aliphatic heterocycles. The molecule has 13 heteroatoms. The van der Waals surface area contributed by atoms with Crippen molar-refractivity contribution < 1.29 is 39.1 Å². The highest BCUT2D eigenvalue weighted by Crippen LogP contribution is 2.32. The van der Waals surface area contributed by atoms with Crippen molar-refractivity contribution in [3.8, 4) is 0 Å². The molecule has 4 fully saturated rings. The Balaban J connectivity index is 1.02. The second kappa shape index (κ2) is 17.1. The average molecular weight is 623 g/mol. The molecule has 4 aliphatic rings. The van der Waals surface area contributed by atoms with Crippen molar-refractivity contribution in [2.75, 3.05) is 52.5 Å². The van der Waals surface area contributed by atoms with Crippen molar-refractivity contribution in [3.05, 3.63) is 0 Å². The summed E-state index contributed by atoms with van der Waals surface area (Å²) in [6.07, 6.45) is 0.872. The Kier molecular flexibility index (Phi) is 14.0. The molecule has 244 valence electrons. The summed E-state index contributed by atoms with van der Waals surface area (Å²) in [5.41, 5.74) is 0. The number of ether oxygens (including phenoxy) is 2. The van der Waals surface area contributed by atoms with Gasteiger partial charge in [0.2, 0.25) is 5.91 Å². The molecule has 2 heterocycles. The number of nitrogens with zero attached hydrogens (tertiary/aromatic N) is 1. The van der Waals surface area contributed by atoms with E-state index in [4.69, 9.17) is 21.1 Å². The number of alkyl halides is 2. The summed E-state index contributed by atoms with van der Waals surface area (Å²) in [7, 11) is 0. The van der Waals surface area contributed by atoms with Crippen LogP contribution < -0.4 is 16.0 Å². The third-order valence-electron chi connectivity index (χ3n) is 9.59. The van der Waals surface area contributed by atoms with Crippen molar-refractivity contribution in [3.63, 3.8) is 0 Å². The summed E-state index contributed by atoms with van der Waals surface area (Å²) >= 11 is 6.15. The lowest BCUT2D eigenvalue weighted by atomic mass is 9.81. The lowest BCUT2D eigenvalue weighted by Crippen LogP contribution is -2.62. The fourth-order valence-corrected chi connectivity index (χ4v) is 7.04. The SMILES string of the molecule is O=C(CC1CCC(OCCCC2CCN(C3NCC(Cl)CN3)CC2)CC1F)NCCO[C@H]1C[C@H](CO)[C@@H](O)[C@H](O)[C@@H]1O. The topological polar surface area (TPSA) is 156 Å². The number of aliphatic hydroxyl groups excluding tert-OH is 4. The molecule has 11 nitrogen and oxygen atoms in total. The van der Waals surface area contributed by atoms with Crippen LogP contribution in [-0.4, -0.2) is 132 Å². The molecular weight excluding hydrogens is 571 g/mol. The van der Waals surface area contributed by atoms with Crippen LogP contribution in [0.25, 0.3) is 0 Å². The van der Waals surface area contributed by atoms with Gasteiger partial charge in [0.25, 0.3) is 0 Å². The van der Waals surface area contributed by atoms with E-state index >= 15 is 0 Å². The first-order valence-electron chi connectivity index (χ1n) is 15.9. The van der Waals surface area contributed by atoms with Gasteiger partial charge in [-0.05, 0) is 56.8 Å². The zero-order valence-corrected chi connectivity index (χ0v) is 25.3. The highest BCUT2D eigenvalue weighted by molar-refractivity contribution is 6.21. The number of piperidine rings is 1. The van der Waals surface area contributed by atoms with Gasteiger partial charge in [0.05, 0.1) is 30.3 Å². The first-order chi connectivity index (χ1) is 20.2. The van der Waals surface area contributed by atoms with E-state index in [0.717, 1.165) is 45.4 Å². The van der Waals surface area contributed by atoms with Gasteiger partial charge in [-0.2, -0.15) is 0 Å². The van der Waals surface area contributed by atoms with Crippen LogP contribution in [0.1, 0.15) is 57.8 Å². The summed E-state index contributed by atoms with van der Waals surface area (Å²) in [4.78, 5) is 14.9. The summed E-state index contributed by atoms with van der Waals surface area (Å²) < 4.78 is 26.5. The van der Waals surface area contributed by atoms with Crippen molar-refractivity contribution in [2.45, 2.75) is 106 Å². The van der Waals surface area contributed by atoms with E-state index < -0.39 is 36.5 Å². The first-order valence-corrected chi connectivity index (χ1v) is 16.3. The van der Waals surface area contributed by atoms with Crippen molar-refractivity contribution in [2.24, 2.45) is 17.8 Å². The molecule has 8 atom stereocenters. The van der Waals surface area contributed by atoms with Gasteiger partial charge in [0, 0.05) is 64.7 Å². The van der Waals surface area contributed by atoms with Gasteiger partial charge in [-0.15, -0.1) is 11.6 Å². The van der Waals surface area contributed by atoms with E-state index in [1.165, 1.54) is 12.8 Å². The summed E-state index contributed by atoms with van der Waals surface area (Å²) in [6, 6.07) is 0. The Bertz CT molecular complexity index is 804. The number of aliphatic hydroxyl groups is 4. The molecule has 0 aromatic carbocycles. The molecule has 2 saturated carbocycles. The highest BCUT2D eigenvalue weighted by Gasteiger charge is 2.43. The van der Waals surface area contributed by atoms with Gasteiger partial charge in [-0.1, -0.05) is 0 Å². The zero-order valence-electron chi connectivity index (χ0n) is 24.6. The highest BCUT2D eigenvalue weighted by atomic mass is 35.5. The molecule has 7 N–H and O–H groups in total. The lowest BCUT2D eigenvalue weighted by molar-refractivity contribution is -0.177. The van der Waals surface area contributed by atoms with Crippen LogP contribution in [0.2, 0.25) is 0 Å². The Morgan fingerprint density at radius 1 is 0.952 bits per heavy atom. The molecule has 0 radical (unpaired) electrons. The monoisotopic (exact) mass is 622 g/mol. The van der Waals surface area contributed by atoms with E-state index in [-0.39, 0.29) is 62.2 Å². The predicted octanol–water partition coefficient (Wildman–Crippen LogP) is 0.0722. The number of nitrogens with one attached hydrogen (secondary N) is 3. The summed E-state index contributed by atoms with van der Waals surface area (Å²) in [5, 5.41) is 49.1. The number of carbonyl (C=O) groups excluding carboxylic acids is 1. The van der Waals surface area contributed by atoms with Crippen LogP contribution in [0.3, 0.4) is 0 Å². The van der Waals surface area contributed by atoms with E-state index in [9.17, 15) is 29.6 Å². The lowest BCUT2D eigenvalue weighted by Gasteiger charge is -2.41. The molecule has 4 rings (SSSR count).